The second kappa shape index (κ2) is 7.51. The van der Waals surface area contributed by atoms with Gasteiger partial charge in [-0.05, 0) is 29.8 Å². The fraction of sp³-hybridized carbons (Fsp3) is 0.150. The summed E-state index contributed by atoms with van der Waals surface area (Å²) >= 11 is 0. The summed E-state index contributed by atoms with van der Waals surface area (Å²) < 4.78 is 40.8. The van der Waals surface area contributed by atoms with E-state index in [-0.39, 0.29) is 23.8 Å². The Balaban J connectivity index is 1.79. The second-order valence-corrected chi connectivity index (χ2v) is 6.35. The summed E-state index contributed by atoms with van der Waals surface area (Å²) in [6, 6.07) is 14.0. The van der Waals surface area contributed by atoms with Gasteiger partial charge in [0.05, 0.1) is 18.2 Å². The summed E-state index contributed by atoms with van der Waals surface area (Å²) in [6.45, 7) is -0.253. The zero-order valence-electron chi connectivity index (χ0n) is 15.0. The lowest BCUT2D eigenvalue weighted by Crippen LogP contribution is -2.17. The summed E-state index contributed by atoms with van der Waals surface area (Å²) in [5.41, 5.74) is -0.00243. The number of anilines is 1. The van der Waals surface area contributed by atoms with Gasteiger partial charge in [-0.3, -0.25) is 5.10 Å². The van der Waals surface area contributed by atoms with Crippen LogP contribution in [0.15, 0.2) is 60.8 Å². The molecule has 0 aliphatic carbocycles. The highest BCUT2D eigenvalue weighted by Gasteiger charge is 2.36. The molecular formula is C20H16F3N5O. The number of halogens is 3. The molecule has 4 aromatic rings. The van der Waals surface area contributed by atoms with Crippen LogP contribution >= 0.6 is 0 Å². The van der Waals surface area contributed by atoms with Gasteiger partial charge in [-0.15, -0.1) is 0 Å². The van der Waals surface area contributed by atoms with Crippen LogP contribution in [0, 0.1) is 0 Å². The van der Waals surface area contributed by atoms with Crippen molar-refractivity contribution < 1.29 is 18.3 Å². The van der Waals surface area contributed by atoms with Crippen LogP contribution in [-0.4, -0.2) is 31.9 Å². The minimum Gasteiger partial charge on any atom is -0.394 e. The Morgan fingerprint density at radius 3 is 2.52 bits per heavy atom. The Bertz CT molecular complexity index is 1130. The molecule has 6 nitrogen and oxygen atoms in total. The summed E-state index contributed by atoms with van der Waals surface area (Å²) in [7, 11) is 0. The van der Waals surface area contributed by atoms with E-state index in [1.165, 1.54) is 12.3 Å². The number of H-pyrrole nitrogens is 1. The number of fused-ring (bicyclic) bond motifs is 1. The SMILES string of the molecule is OC[C@H](Nc1ccc(C(F)(F)F)c(-c2n[nH]c3ncccc23)n1)c1ccccc1. The van der Waals surface area contributed by atoms with E-state index >= 15 is 0 Å². The first-order chi connectivity index (χ1) is 14.0. The molecule has 0 fully saturated rings. The molecule has 0 amide bonds. The minimum absolute atomic E-state index is 0.0596. The number of aliphatic hydroxyl groups excluding tert-OH is 1. The van der Waals surface area contributed by atoms with Crippen molar-refractivity contribution in [2.75, 3.05) is 11.9 Å². The first-order valence-electron chi connectivity index (χ1n) is 8.77. The van der Waals surface area contributed by atoms with Gasteiger partial charge in [0.25, 0.3) is 0 Å². The first kappa shape index (κ1) is 18.9. The lowest BCUT2D eigenvalue weighted by molar-refractivity contribution is -0.137. The lowest BCUT2D eigenvalue weighted by Gasteiger charge is -2.19. The van der Waals surface area contributed by atoms with Crippen LogP contribution in [0.3, 0.4) is 0 Å². The van der Waals surface area contributed by atoms with Crippen molar-refractivity contribution in [2.24, 2.45) is 0 Å². The van der Waals surface area contributed by atoms with Gasteiger partial charge in [0.2, 0.25) is 0 Å². The van der Waals surface area contributed by atoms with Gasteiger partial charge < -0.3 is 10.4 Å². The molecule has 3 N–H and O–H groups in total. The quantitative estimate of drug-likeness (QED) is 0.469. The van der Waals surface area contributed by atoms with Crippen molar-refractivity contribution in [3.63, 3.8) is 0 Å². The van der Waals surface area contributed by atoms with Crippen LogP contribution in [0.4, 0.5) is 19.0 Å². The molecule has 0 bridgehead atoms. The van der Waals surface area contributed by atoms with Gasteiger partial charge in [-0.2, -0.15) is 18.3 Å². The van der Waals surface area contributed by atoms with Crippen LogP contribution in [0.5, 0.6) is 0 Å². The maximum absolute atomic E-state index is 13.6. The Kier molecular flexibility index (Phi) is 4.89. The summed E-state index contributed by atoms with van der Waals surface area (Å²) in [6.07, 6.45) is -3.09. The normalized spacial score (nSPS) is 12.8. The van der Waals surface area contributed by atoms with E-state index in [1.54, 1.807) is 12.1 Å². The number of aromatic nitrogens is 4. The Hall–Kier alpha value is -3.46. The zero-order valence-corrected chi connectivity index (χ0v) is 15.0. The number of pyridine rings is 2. The van der Waals surface area contributed by atoms with Crippen molar-refractivity contribution in [3.8, 4) is 11.4 Å². The van der Waals surface area contributed by atoms with Gasteiger partial charge in [0.1, 0.15) is 17.2 Å². The third-order valence-corrected chi connectivity index (χ3v) is 4.47. The number of hydrogen-bond acceptors (Lipinski definition) is 5. The van der Waals surface area contributed by atoms with Crippen molar-refractivity contribution in [2.45, 2.75) is 12.2 Å². The molecule has 3 heterocycles. The number of nitrogens with one attached hydrogen (secondary N) is 2. The van der Waals surface area contributed by atoms with Gasteiger partial charge in [-0.25, -0.2) is 9.97 Å². The topological polar surface area (TPSA) is 86.7 Å². The Morgan fingerprint density at radius 2 is 1.79 bits per heavy atom. The predicted octanol–water partition coefficient (Wildman–Crippen LogP) is 4.18. The largest absolute Gasteiger partial charge is 0.418 e. The van der Waals surface area contributed by atoms with Gasteiger partial charge in [0.15, 0.2) is 5.65 Å². The van der Waals surface area contributed by atoms with E-state index in [9.17, 15) is 18.3 Å². The number of aliphatic hydroxyl groups is 1. The molecule has 0 unspecified atom stereocenters. The smallest absolute Gasteiger partial charge is 0.394 e. The third-order valence-electron chi connectivity index (χ3n) is 4.47. The number of nitrogens with zero attached hydrogens (tertiary/aromatic N) is 3. The van der Waals surface area contributed by atoms with E-state index in [2.05, 4.69) is 25.5 Å². The highest BCUT2D eigenvalue weighted by molar-refractivity contribution is 5.90. The predicted molar refractivity (Wildman–Crippen MR) is 102 cm³/mol. The number of alkyl halides is 3. The fourth-order valence-electron chi connectivity index (χ4n) is 3.08. The third kappa shape index (κ3) is 3.77. The Labute approximate surface area is 163 Å². The molecule has 29 heavy (non-hydrogen) atoms. The molecule has 3 aromatic heterocycles. The highest BCUT2D eigenvalue weighted by Crippen LogP contribution is 2.38. The summed E-state index contributed by atoms with van der Waals surface area (Å²) in [5, 5.41) is 19.8. The maximum Gasteiger partial charge on any atom is 0.418 e. The average Bonchev–Trinajstić information content (AvgIpc) is 3.16. The maximum atomic E-state index is 13.6. The molecule has 148 valence electrons. The molecule has 1 aromatic carbocycles. The van der Waals surface area contributed by atoms with Crippen LogP contribution in [0.2, 0.25) is 0 Å². The van der Waals surface area contributed by atoms with Crippen LogP contribution in [0.25, 0.3) is 22.4 Å². The van der Waals surface area contributed by atoms with Crippen molar-refractivity contribution in [1.82, 2.24) is 20.2 Å². The van der Waals surface area contributed by atoms with E-state index in [0.29, 0.717) is 11.0 Å². The number of rotatable bonds is 5. The molecular weight excluding hydrogens is 383 g/mol. The minimum atomic E-state index is -4.61. The standard InChI is InChI=1S/C20H16F3N5O/c21-20(22,23)14-8-9-16(25-15(11-29)12-5-2-1-3-6-12)26-18(14)17-13-7-4-10-24-19(13)28-27-17/h1-10,15,29H,11H2,(H,25,26)(H,24,27,28)/t15-/m0/s1. The number of hydrogen-bond donors (Lipinski definition) is 3. The van der Waals surface area contributed by atoms with Gasteiger partial charge in [0, 0.05) is 11.6 Å². The highest BCUT2D eigenvalue weighted by atomic mass is 19.4. The molecule has 4 rings (SSSR count). The van der Waals surface area contributed by atoms with Crippen molar-refractivity contribution >= 4 is 16.9 Å². The summed E-state index contributed by atoms with van der Waals surface area (Å²) in [5.74, 6) is 0.191. The fourth-order valence-corrected chi connectivity index (χ4v) is 3.08. The molecule has 1 atom stereocenters. The van der Waals surface area contributed by atoms with E-state index in [4.69, 9.17) is 0 Å². The van der Waals surface area contributed by atoms with Crippen LogP contribution < -0.4 is 5.32 Å². The molecule has 9 heteroatoms. The van der Waals surface area contributed by atoms with E-state index in [0.717, 1.165) is 11.6 Å². The molecule has 0 saturated heterocycles. The molecule has 0 saturated carbocycles. The molecule has 0 aliphatic rings. The molecule has 0 radical (unpaired) electrons. The monoisotopic (exact) mass is 399 g/mol. The van der Waals surface area contributed by atoms with Crippen LogP contribution in [0.1, 0.15) is 17.2 Å². The second-order valence-electron chi connectivity index (χ2n) is 6.35. The van der Waals surface area contributed by atoms with E-state index < -0.39 is 17.8 Å². The van der Waals surface area contributed by atoms with Crippen molar-refractivity contribution in [3.05, 3.63) is 71.9 Å². The zero-order chi connectivity index (χ0) is 20.4. The van der Waals surface area contributed by atoms with E-state index in [1.807, 2.05) is 30.3 Å². The first-order valence-corrected chi connectivity index (χ1v) is 8.77. The van der Waals surface area contributed by atoms with Crippen LogP contribution in [-0.2, 0) is 6.18 Å². The average molecular weight is 399 g/mol. The van der Waals surface area contributed by atoms with Gasteiger partial charge in [-0.1, -0.05) is 30.3 Å². The number of benzene rings is 1. The Morgan fingerprint density at radius 1 is 1.00 bits per heavy atom. The summed E-state index contributed by atoms with van der Waals surface area (Å²) in [4.78, 5) is 8.26. The number of aromatic amines is 1. The molecule has 0 aliphatic heterocycles. The molecule has 0 spiro atoms. The lowest BCUT2D eigenvalue weighted by atomic mass is 10.1. The van der Waals surface area contributed by atoms with Gasteiger partial charge >= 0.3 is 6.18 Å². The van der Waals surface area contributed by atoms with Crippen molar-refractivity contribution in [1.29, 1.82) is 0 Å².